The number of anilines is 1. The van der Waals surface area contributed by atoms with E-state index in [2.05, 4.69) is 23.0 Å². The van der Waals surface area contributed by atoms with Crippen molar-refractivity contribution >= 4 is 17.0 Å². The van der Waals surface area contributed by atoms with Gasteiger partial charge in [0.05, 0.1) is 0 Å². The molecule has 0 aliphatic rings. The summed E-state index contributed by atoms with van der Waals surface area (Å²) in [5, 5.41) is 16.0. The van der Waals surface area contributed by atoms with E-state index in [1.54, 1.807) is 11.3 Å². The Bertz CT molecular complexity index is 210. The molecule has 0 spiro atoms. The zero-order valence-electron chi connectivity index (χ0n) is 6.63. The molecule has 1 aromatic heterocycles. The average molecular weight is 171 g/mol. The first-order valence-electron chi connectivity index (χ1n) is 3.72. The van der Waals surface area contributed by atoms with Gasteiger partial charge in [0.1, 0.15) is 0 Å². The molecule has 2 N–H and O–H groups in total. The van der Waals surface area contributed by atoms with Gasteiger partial charge >= 0.3 is 0 Å². The van der Waals surface area contributed by atoms with Crippen molar-refractivity contribution in [3.05, 3.63) is 16.3 Å². The quantitative estimate of drug-likeness (QED) is 0.678. The van der Waals surface area contributed by atoms with E-state index in [-0.39, 0.29) is 6.61 Å². The van der Waals surface area contributed by atoms with Crippen molar-refractivity contribution < 1.29 is 5.11 Å². The molecule has 0 saturated heterocycles. The molecule has 0 amide bonds. The Kier molecular flexibility index (Phi) is 3.39. The van der Waals surface area contributed by atoms with E-state index in [9.17, 15) is 0 Å². The summed E-state index contributed by atoms with van der Waals surface area (Å²) in [6.45, 7) is 3.20. The van der Waals surface area contributed by atoms with Crippen LogP contribution in [0.15, 0.2) is 10.8 Å². The first-order valence-corrected chi connectivity index (χ1v) is 4.66. The molecule has 0 unspecified atom stereocenters. The second kappa shape index (κ2) is 4.36. The molecule has 0 radical (unpaired) electrons. The van der Waals surface area contributed by atoms with E-state index in [1.807, 2.05) is 0 Å². The minimum atomic E-state index is 0.260. The maximum atomic E-state index is 8.53. The minimum Gasteiger partial charge on any atom is -0.396 e. The van der Waals surface area contributed by atoms with Crippen LogP contribution in [0.2, 0.25) is 0 Å². The second-order valence-electron chi connectivity index (χ2n) is 2.47. The summed E-state index contributed by atoms with van der Waals surface area (Å²) in [4.78, 5) is 0. The molecule has 1 aromatic rings. The molecule has 0 atom stereocenters. The maximum absolute atomic E-state index is 8.53. The topological polar surface area (TPSA) is 32.3 Å². The third-order valence-corrected chi connectivity index (χ3v) is 2.37. The van der Waals surface area contributed by atoms with Gasteiger partial charge in [-0.25, -0.2) is 0 Å². The number of aliphatic hydroxyl groups excluding tert-OH is 1. The lowest BCUT2D eigenvalue weighted by Gasteiger charge is -2.02. The Morgan fingerprint density at radius 3 is 2.91 bits per heavy atom. The Morgan fingerprint density at radius 1 is 1.55 bits per heavy atom. The summed E-state index contributed by atoms with van der Waals surface area (Å²) < 4.78 is 0. The van der Waals surface area contributed by atoms with Crippen molar-refractivity contribution in [2.24, 2.45) is 0 Å². The van der Waals surface area contributed by atoms with Crippen LogP contribution in [-0.4, -0.2) is 18.3 Å². The highest BCUT2D eigenvalue weighted by molar-refractivity contribution is 7.08. The molecule has 0 fully saturated rings. The van der Waals surface area contributed by atoms with Crippen molar-refractivity contribution in [1.29, 1.82) is 0 Å². The predicted molar refractivity (Wildman–Crippen MR) is 49.2 cm³/mol. The molecule has 1 rings (SSSR count). The largest absolute Gasteiger partial charge is 0.396 e. The molecule has 2 nitrogen and oxygen atoms in total. The number of hydrogen-bond acceptors (Lipinski definition) is 3. The molecule has 11 heavy (non-hydrogen) atoms. The zero-order valence-corrected chi connectivity index (χ0v) is 7.45. The summed E-state index contributed by atoms with van der Waals surface area (Å²) in [5.41, 5.74) is 2.48. The van der Waals surface area contributed by atoms with E-state index in [0.29, 0.717) is 0 Å². The first-order chi connectivity index (χ1) is 5.34. The van der Waals surface area contributed by atoms with E-state index in [4.69, 9.17) is 5.11 Å². The van der Waals surface area contributed by atoms with E-state index in [0.717, 1.165) is 13.0 Å². The van der Waals surface area contributed by atoms with Crippen molar-refractivity contribution in [2.75, 3.05) is 18.5 Å². The van der Waals surface area contributed by atoms with Gasteiger partial charge in [0.2, 0.25) is 0 Å². The van der Waals surface area contributed by atoms with Gasteiger partial charge in [-0.1, -0.05) is 0 Å². The van der Waals surface area contributed by atoms with Crippen LogP contribution in [0.4, 0.5) is 5.69 Å². The fraction of sp³-hybridized carbons (Fsp3) is 0.500. The number of aliphatic hydroxyl groups is 1. The van der Waals surface area contributed by atoms with Crippen LogP contribution in [0.25, 0.3) is 0 Å². The van der Waals surface area contributed by atoms with Crippen LogP contribution in [-0.2, 0) is 0 Å². The van der Waals surface area contributed by atoms with Crippen LogP contribution in [0.3, 0.4) is 0 Å². The number of thiophene rings is 1. The van der Waals surface area contributed by atoms with Crippen molar-refractivity contribution in [1.82, 2.24) is 0 Å². The normalized spacial score (nSPS) is 10.0. The lowest BCUT2D eigenvalue weighted by atomic mass is 10.3. The minimum absolute atomic E-state index is 0.260. The fourth-order valence-electron chi connectivity index (χ4n) is 0.844. The second-order valence-corrected chi connectivity index (χ2v) is 3.22. The number of aryl methyl sites for hydroxylation is 1. The van der Waals surface area contributed by atoms with Crippen molar-refractivity contribution in [3.8, 4) is 0 Å². The monoisotopic (exact) mass is 171 g/mol. The Balaban J connectivity index is 2.32. The van der Waals surface area contributed by atoms with E-state index in [1.165, 1.54) is 11.3 Å². The summed E-state index contributed by atoms with van der Waals surface area (Å²) >= 11 is 1.70. The van der Waals surface area contributed by atoms with Gasteiger partial charge < -0.3 is 10.4 Å². The molecule has 1 heterocycles. The number of rotatable bonds is 4. The molecule has 0 aliphatic heterocycles. The molecular formula is C8H13NOS. The highest BCUT2D eigenvalue weighted by Crippen LogP contribution is 2.18. The molecule has 0 aromatic carbocycles. The third-order valence-electron chi connectivity index (χ3n) is 1.51. The van der Waals surface area contributed by atoms with Gasteiger partial charge in [0.25, 0.3) is 0 Å². The zero-order chi connectivity index (χ0) is 8.10. The lowest BCUT2D eigenvalue weighted by Crippen LogP contribution is -2.03. The summed E-state index contributed by atoms with van der Waals surface area (Å²) in [6, 6.07) is 0. The maximum Gasteiger partial charge on any atom is 0.0478 e. The summed E-state index contributed by atoms with van der Waals surface area (Å²) in [5.74, 6) is 0. The smallest absolute Gasteiger partial charge is 0.0478 e. The van der Waals surface area contributed by atoms with Gasteiger partial charge in [-0.05, 0) is 24.3 Å². The van der Waals surface area contributed by atoms with Gasteiger partial charge in [-0.3, -0.25) is 0 Å². The van der Waals surface area contributed by atoms with E-state index < -0.39 is 0 Å². The SMILES string of the molecule is Cc1cscc1NCCCO. The molecule has 0 saturated carbocycles. The molecule has 0 aliphatic carbocycles. The van der Waals surface area contributed by atoms with Gasteiger partial charge in [-0.15, -0.1) is 11.3 Å². The highest BCUT2D eigenvalue weighted by atomic mass is 32.1. The lowest BCUT2D eigenvalue weighted by molar-refractivity contribution is 0.292. The van der Waals surface area contributed by atoms with Gasteiger partial charge in [-0.2, -0.15) is 0 Å². The van der Waals surface area contributed by atoms with Crippen LogP contribution >= 0.6 is 11.3 Å². The van der Waals surface area contributed by atoms with Crippen molar-refractivity contribution in [3.63, 3.8) is 0 Å². The fourth-order valence-corrected chi connectivity index (χ4v) is 1.65. The Hall–Kier alpha value is -0.540. The van der Waals surface area contributed by atoms with Gasteiger partial charge in [0, 0.05) is 24.2 Å². The van der Waals surface area contributed by atoms with Crippen molar-refractivity contribution in [2.45, 2.75) is 13.3 Å². The molecule has 62 valence electrons. The predicted octanol–water partition coefficient (Wildman–Crippen LogP) is 1.85. The first kappa shape index (κ1) is 8.56. The molecule has 3 heteroatoms. The van der Waals surface area contributed by atoms with Crippen LogP contribution in [0.1, 0.15) is 12.0 Å². The number of nitrogens with one attached hydrogen (secondary N) is 1. The average Bonchev–Trinajstić information content (AvgIpc) is 2.37. The van der Waals surface area contributed by atoms with Crippen LogP contribution in [0, 0.1) is 6.92 Å². The van der Waals surface area contributed by atoms with Crippen LogP contribution < -0.4 is 5.32 Å². The van der Waals surface area contributed by atoms with E-state index >= 15 is 0 Å². The third kappa shape index (κ3) is 2.52. The standard InChI is InChI=1S/C8H13NOS/c1-7-5-11-6-8(7)9-3-2-4-10/h5-6,9-10H,2-4H2,1H3. The summed E-state index contributed by atoms with van der Waals surface area (Å²) in [6.07, 6.45) is 0.815. The number of hydrogen-bond donors (Lipinski definition) is 2. The Morgan fingerprint density at radius 2 is 2.36 bits per heavy atom. The van der Waals surface area contributed by atoms with Crippen LogP contribution in [0.5, 0.6) is 0 Å². The molecule has 0 bridgehead atoms. The highest BCUT2D eigenvalue weighted by Gasteiger charge is 1.95. The summed E-state index contributed by atoms with van der Waals surface area (Å²) in [7, 11) is 0. The Labute approximate surface area is 70.9 Å². The van der Waals surface area contributed by atoms with Gasteiger partial charge in [0.15, 0.2) is 0 Å². The molecular weight excluding hydrogens is 158 g/mol.